The number of benzene rings is 1. The van der Waals surface area contributed by atoms with E-state index in [9.17, 15) is 0 Å². The lowest BCUT2D eigenvalue weighted by Crippen LogP contribution is -2.23. The minimum absolute atomic E-state index is 0.605. The van der Waals surface area contributed by atoms with Crippen LogP contribution < -0.4 is 5.32 Å². The molecule has 1 atom stereocenters. The molecule has 1 saturated carbocycles. The van der Waals surface area contributed by atoms with Gasteiger partial charge in [0.25, 0.3) is 0 Å². The smallest absolute Gasteiger partial charge is 0.0343 e. The fraction of sp³-hybridized carbons (Fsp3) is 0.538. The van der Waals surface area contributed by atoms with E-state index in [1.807, 2.05) is 0 Å². The molecule has 1 aliphatic rings. The highest BCUT2D eigenvalue weighted by Crippen LogP contribution is 2.29. The van der Waals surface area contributed by atoms with E-state index in [4.69, 9.17) is 0 Å². The summed E-state index contributed by atoms with van der Waals surface area (Å²) in [6.45, 7) is 2.30. The average molecular weight is 268 g/mol. The maximum atomic E-state index is 3.59. The monoisotopic (exact) mass is 267 g/mol. The summed E-state index contributed by atoms with van der Waals surface area (Å²) in [4.78, 5) is 0. The van der Waals surface area contributed by atoms with E-state index in [2.05, 4.69) is 52.4 Å². The summed E-state index contributed by atoms with van der Waals surface area (Å²) in [5.41, 5.74) is 1.23. The third-order valence-corrected chi connectivity index (χ3v) is 3.87. The first kappa shape index (κ1) is 11.0. The van der Waals surface area contributed by atoms with Crippen LogP contribution in [0.5, 0.6) is 0 Å². The van der Waals surface area contributed by atoms with E-state index < -0.39 is 0 Å². The molecule has 0 bridgehead atoms. The van der Waals surface area contributed by atoms with Crippen LogP contribution in [0, 0.1) is 5.92 Å². The van der Waals surface area contributed by atoms with E-state index >= 15 is 0 Å². The van der Waals surface area contributed by atoms with E-state index in [-0.39, 0.29) is 0 Å². The quantitative estimate of drug-likeness (QED) is 0.854. The third kappa shape index (κ3) is 2.97. The molecule has 1 fully saturated rings. The molecule has 1 aromatic rings. The Hall–Kier alpha value is -0.500. The molecule has 0 spiro atoms. The fourth-order valence-electron chi connectivity index (χ4n) is 2.38. The maximum absolute atomic E-state index is 3.59. The van der Waals surface area contributed by atoms with Gasteiger partial charge in [-0.3, -0.25) is 0 Å². The largest absolute Gasteiger partial charge is 0.382 e. The summed E-state index contributed by atoms with van der Waals surface area (Å²) in [5.74, 6) is 0.869. The molecular weight excluding hydrogens is 250 g/mol. The normalized spacial score (nSPS) is 19.1. The molecule has 1 nitrogen and oxygen atoms in total. The summed E-state index contributed by atoms with van der Waals surface area (Å²) in [6.07, 6.45) is 5.61. The minimum Gasteiger partial charge on any atom is -0.382 e. The van der Waals surface area contributed by atoms with E-state index in [1.165, 1.54) is 31.4 Å². The van der Waals surface area contributed by atoms with Crippen LogP contribution in [0.2, 0.25) is 0 Å². The Bertz CT molecular complexity index is 301. The van der Waals surface area contributed by atoms with Crippen LogP contribution in [-0.2, 0) is 0 Å². The Labute approximate surface area is 100 Å². The first-order valence-corrected chi connectivity index (χ1v) is 6.57. The highest BCUT2D eigenvalue weighted by molar-refractivity contribution is 9.10. The molecule has 0 radical (unpaired) electrons. The lowest BCUT2D eigenvalue weighted by Gasteiger charge is -2.21. The van der Waals surface area contributed by atoms with Crippen LogP contribution in [0.25, 0.3) is 0 Å². The molecule has 0 aromatic heterocycles. The van der Waals surface area contributed by atoms with Gasteiger partial charge in [-0.05, 0) is 49.9 Å². The second-order valence-electron chi connectivity index (χ2n) is 4.48. The molecule has 0 saturated heterocycles. The standard InChI is InChI=1S/C13H18BrN/c1-10(11-4-2-3-5-11)15-13-8-6-12(14)7-9-13/h6-11,15H,2-5H2,1H3. The minimum atomic E-state index is 0.605. The molecule has 1 unspecified atom stereocenters. The van der Waals surface area contributed by atoms with Crippen molar-refractivity contribution < 1.29 is 0 Å². The van der Waals surface area contributed by atoms with E-state index in [0.29, 0.717) is 6.04 Å². The van der Waals surface area contributed by atoms with Gasteiger partial charge in [-0.25, -0.2) is 0 Å². The second kappa shape index (κ2) is 5.02. The average Bonchev–Trinajstić information content (AvgIpc) is 2.74. The number of hydrogen-bond donors (Lipinski definition) is 1. The Morgan fingerprint density at radius 3 is 2.40 bits per heavy atom. The molecule has 15 heavy (non-hydrogen) atoms. The highest BCUT2D eigenvalue weighted by Gasteiger charge is 2.20. The molecular formula is C13H18BrN. The van der Waals surface area contributed by atoms with Crippen molar-refractivity contribution in [2.75, 3.05) is 5.32 Å². The van der Waals surface area contributed by atoms with Crippen LogP contribution in [0.1, 0.15) is 32.6 Å². The van der Waals surface area contributed by atoms with Crippen molar-refractivity contribution in [3.05, 3.63) is 28.7 Å². The van der Waals surface area contributed by atoms with Gasteiger partial charge in [0.05, 0.1) is 0 Å². The molecule has 82 valence electrons. The van der Waals surface area contributed by atoms with Crippen molar-refractivity contribution in [1.82, 2.24) is 0 Å². The summed E-state index contributed by atoms with van der Waals surface area (Å²) in [7, 11) is 0. The van der Waals surface area contributed by atoms with E-state index in [1.54, 1.807) is 0 Å². The molecule has 1 aromatic carbocycles. The van der Waals surface area contributed by atoms with Gasteiger partial charge in [0, 0.05) is 16.2 Å². The van der Waals surface area contributed by atoms with E-state index in [0.717, 1.165) is 10.4 Å². The van der Waals surface area contributed by atoms with Crippen LogP contribution in [0.15, 0.2) is 28.7 Å². The van der Waals surface area contributed by atoms with Gasteiger partial charge in [-0.15, -0.1) is 0 Å². The van der Waals surface area contributed by atoms with Crippen LogP contribution in [-0.4, -0.2) is 6.04 Å². The highest BCUT2D eigenvalue weighted by atomic mass is 79.9. The number of anilines is 1. The molecule has 2 heteroatoms. The van der Waals surface area contributed by atoms with Gasteiger partial charge < -0.3 is 5.32 Å². The molecule has 0 heterocycles. The van der Waals surface area contributed by atoms with Crippen LogP contribution >= 0.6 is 15.9 Å². The summed E-state index contributed by atoms with van der Waals surface area (Å²) in [6, 6.07) is 9.05. The summed E-state index contributed by atoms with van der Waals surface area (Å²) in [5, 5.41) is 3.59. The Balaban J connectivity index is 1.92. The fourth-order valence-corrected chi connectivity index (χ4v) is 2.65. The Morgan fingerprint density at radius 1 is 1.20 bits per heavy atom. The van der Waals surface area contributed by atoms with Crippen molar-refractivity contribution in [2.24, 2.45) is 5.92 Å². The SMILES string of the molecule is CC(Nc1ccc(Br)cc1)C1CCCC1. The first-order chi connectivity index (χ1) is 7.25. The first-order valence-electron chi connectivity index (χ1n) is 5.78. The van der Waals surface area contributed by atoms with Crippen molar-refractivity contribution in [1.29, 1.82) is 0 Å². The zero-order chi connectivity index (χ0) is 10.7. The number of halogens is 1. The number of hydrogen-bond acceptors (Lipinski definition) is 1. The summed E-state index contributed by atoms with van der Waals surface area (Å²) >= 11 is 3.45. The predicted octanol–water partition coefficient (Wildman–Crippen LogP) is 4.44. The second-order valence-corrected chi connectivity index (χ2v) is 5.40. The molecule has 2 rings (SSSR count). The van der Waals surface area contributed by atoms with Crippen molar-refractivity contribution in [3.8, 4) is 0 Å². The lowest BCUT2D eigenvalue weighted by atomic mass is 9.99. The molecule has 0 amide bonds. The number of nitrogens with one attached hydrogen (secondary N) is 1. The van der Waals surface area contributed by atoms with Crippen molar-refractivity contribution in [3.63, 3.8) is 0 Å². The Morgan fingerprint density at radius 2 is 1.80 bits per heavy atom. The zero-order valence-electron chi connectivity index (χ0n) is 9.17. The van der Waals surface area contributed by atoms with Crippen LogP contribution in [0.4, 0.5) is 5.69 Å². The van der Waals surface area contributed by atoms with Gasteiger partial charge in [-0.1, -0.05) is 28.8 Å². The molecule has 1 N–H and O–H groups in total. The Kier molecular flexibility index (Phi) is 3.68. The lowest BCUT2D eigenvalue weighted by molar-refractivity contribution is 0.482. The van der Waals surface area contributed by atoms with Gasteiger partial charge >= 0.3 is 0 Å². The van der Waals surface area contributed by atoms with Gasteiger partial charge in [0.15, 0.2) is 0 Å². The molecule has 0 aliphatic heterocycles. The maximum Gasteiger partial charge on any atom is 0.0343 e. The van der Waals surface area contributed by atoms with Gasteiger partial charge in [-0.2, -0.15) is 0 Å². The van der Waals surface area contributed by atoms with Crippen molar-refractivity contribution in [2.45, 2.75) is 38.6 Å². The topological polar surface area (TPSA) is 12.0 Å². The predicted molar refractivity (Wildman–Crippen MR) is 69.2 cm³/mol. The summed E-state index contributed by atoms with van der Waals surface area (Å²) < 4.78 is 1.14. The number of rotatable bonds is 3. The molecule has 1 aliphatic carbocycles. The van der Waals surface area contributed by atoms with Gasteiger partial charge in [0.1, 0.15) is 0 Å². The zero-order valence-corrected chi connectivity index (χ0v) is 10.8. The van der Waals surface area contributed by atoms with Crippen molar-refractivity contribution >= 4 is 21.6 Å². The van der Waals surface area contributed by atoms with Crippen LogP contribution in [0.3, 0.4) is 0 Å². The third-order valence-electron chi connectivity index (χ3n) is 3.35. The van der Waals surface area contributed by atoms with Gasteiger partial charge in [0.2, 0.25) is 0 Å².